The van der Waals surface area contributed by atoms with Gasteiger partial charge < -0.3 is 0 Å². The molecule has 3 nitrogen and oxygen atoms in total. The van der Waals surface area contributed by atoms with Gasteiger partial charge in [-0.1, -0.05) is 12.2 Å². The van der Waals surface area contributed by atoms with Gasteiger partial charge in [0.2, 0.25) is 0 Å². The Morgan fingerprint density at radius 1 is 1.69 bits per heavy atom. The molecule has 4 heteroatoms. The van der Waals surface area contributed by atoms with E-state index in [4.69, 9.17) is 11.6 Å². The molecule has 68 valence electrons. The van der Waals surface area contributed by atoms with E-state index in [-0.39, 0.29) is 5.38 Å². The summed E-state index contributed by atoms with van der Waals surface area (Å²) in [7, 11) is 0. The molecule has 0 amide bonds. The summed E-state index contributed by atoms with van der Waals surface area (Å²) in [5, 5.41) is 8.61. The van der Waals surface area contributed by atoms with Gasteiger partial charge >= 0.3 is 0 Å². The highest BCUT2D eigenvalue weighted by Crippen LogP contribution is 2.18. The van der Waals surface area contributed by atoms with Crippen LogP contribution in [0.5, 0.6) is 0 Å². The predicted molar refractivity (Wildman–Crippen MR) is 52.6 cm³/mol. The molecular formula is C9H10ClN3. The molecule has 1 aromatic heterocycles. The number of fused-ring (bicyclic) bond motifs is 1. The minimum atomic E-state index is 0.0568. The van der Waals surface area contributed by atoms with E-state index in [1.54, 1.807) is 10.9 Å². The molecule has 0 aromatic carbocycles. The van der Waals surface area contributed by atoms with Crippen LogP contribution in [0.3, 0.4) is 0 Å². The topological polar surface area (TPSA) is 30.7 Å². The molecule has 0 saturated heterocycles. The van der Waals surface area contributed by atoms with E-state index < -0.39 is 0 Å². The van der Waals surface area contributed by atoms with Crippen molar-refractivity contribution < 1.29 is 0 Å². The lowest BCUT2D eigenvalue weighted by Gasteiger charge is -2.05. The number of halogens is 1. The quantitative estimate of drug-likeness (QED) is 0.531. The zero-order valence-electron chi connectivity index (χ0n) is 7.15. The van der Waals surface area contributed by atoms with Crippen LogP contribution in [0.15, 0.2) is 18.7 Å². The Hall–Kier alpha value is -1.09. The third-order valence-electron chi connectivity index (χ3n) is 1.90. The normalized spacial score (nSPS) is 19.9. The molecule has 0 aliphatic heterocycles. The van der Waals surface area contributed by atoms with E-state index in [0.717, 1.165) is 17.8 Å². The largest absolute Gasteiger partial charge is 0.180 e. The maximum atomic E-state index is 5.95. The molecule has 1 atom stereocenters. The van der Waals surface area contributed by atoms with Crippen molar-refractivity contribution >= 4 is 17.7 Å². The number of alkyl halides is 1. The summed E-state index contributed by atoms with van der Waals surface area (Å²) in [6.07, 6.45) is 6.40. The third kappa shape index (κ3) is 1.65. The average molecular weight is 196 g/mol. The minimum absolute atomic E-state index is 0.0568. The van der Waals surface area contributed by atoms with Gasteiger partial charge in [0.15, 0.2) is 0 Å². The zero-order chi connectivity index (χ0) is 9.26. The number of hydrogen-bond donors (Lipinski definition) is 0. The van der Waals surface area contributed by atoms with Crippen LogP contribution < -0.4 is 0 Å². The first-order valence-electron chi connectivity index (χ1n) is 4.17. The van der Waals surface area contributed by atoms with Crippen molar-refractivity contribution in [2.75, 3.05) is 0 Å². The van der Waals surface area contributed by atoms with Crippen molar-refractivity contribution in [3.05, 3.63) is 30.1 Å². The number of hydrogen-bond acceptors (Lipinski definition) is 2. The van der Waals surface area contributed by atoms with Crippen LogP contribution in [0.25, 0.3) is 6.08 Å². The maximum Gasteiger partial charge on any atom is 0.108 e. The lowest BCUT2D eigenvalue weighted by molar-refractivity contribution is 0.595. The van der Waals surface area contributed by atoms with E-state index in [2.05, 4.69) is 16.8 Å². The van der Waals surface area contributed by atoms with Gasteiger partial charge in [0.25, 0.3) is 0 Å². The number of rotatable bonds is 2. The third-order valence-corrected chi connectivity index (χ3v) is 2.20. The molecule has 1 heterocycles. The molecule has 13 heavy (non-hydrogen) atoms. The molecule has 1 aliphatic carbocycles. The Morgan fingerprint density at radius 2 is 2.54 bits per heavy atom. The van der Waals surface area contributed by atoms with Gasteiger partial charge in [-0.2, -0.15) is 15.0 Å². The summed E-state index contributed by atoms with van der Waals surface area (Å²) in [6, 6.07) is 0. The van der Waals surface area contributed by atoms with Gasteiger partial charge in [-0.25, -0.2) is 0 Å². The monoisotopic (exact) mass is 195 g/mol. The molecule has 0 bridgehead atoms. The van der Waals surface area contributed by atoms with Crippen LogP contribution in [-0.2, 0) is 13.0 Å². The van der Waals surface area contributed by atoms with Crippen LogP contribution in [0.4, 0.5) is 0 Å². The fourth-order valence-corrected chi connectivity index (χ4v) is 1.53. The highest BCUT2D eigenvalue weighted by atomic mass is 35.5. The number of nitrogens with zero attached hydrogens (tertiary/aromatic N) is 3. The van der Waals surface area contributed by atoms with Gasteiger partial charge in [-0.05, 0) is 6.08 Å². The summed E-state index contributed by atoms with van der Waals surface area (Å²) < 4.78 is 0. The molecule has 1 unspecified atom stereocenters. The van der Waals surface area contributed by atoms with E-state index in [0.29, 0.717) is 6.54 Å². The molecule has 1 aliphatic rings. The summed E-state index contributed by atoms with van der Waals surface area (Å²) in [5.74, 6) is 0. The van der Waals surface area contributed by atoms with Crippen molar-refractivity contribution in [1.82, 2.24) is 15.0 Å². The van der Waals surface area contributed by atoms with Gasteiger partial charge in [0, 0.05) is 6.42 Å². The van der Waals surface area contributed by atoms with Crippen molar-refractivity contribution in [3.63, 3.8) is 0 Å². The van der Waals surface area contributed by atoms with Crippen LogP contribution in [0, 0.1) is 0 Å². The Morgan fingerprint density at radius 3 is 3.31 bits per heavy atom. The van der Waals surface area contributed by atoms with Crippen molar-refractivity contribution in [3.8, 4) is 0 Å². The highest BCUT2D eigenvalue weighted by molar-refractivity contribution is 6.22. The first kappa shape index (κ1) is 8.51. The predicted octanol–water partition coefficient (Wildman–Crippen LogP) is 1.64. The van der Waals surface area contributed by atoms with Crippen LogP contribution >= 0.6 is 11.6 Å². The standard InChI is InChI=1S/C9H10ClN3/c1-2-5-13-11-8-4-3-7(10)6-9(8)12-13/h2-4,7H,1,5-6H2. The summed E-state index contributed by atoms with van der Waals surface area (Å²) in [6.45, 7) is 4.28. The fraction of sp³-hybridized carbons (Fsp3) is 0.333. The second-order valence-electron chi connectivity index (χ2n) is 2.95. The first-order valence-corrected chi connectivity index (χ1v) is 4.60. The first-order chi connectivity index (χ1) is 6.29. The van der Waals surface area contributed by atoms with Crippen LogP contribution in [0.1, 0.15) is 11.4 Å². The Labute approximate surface area is 81.7 Å². The van der Waals surface area contributed by atoms with Gasteiger partial charge in [0.1, 0.15) is 5.69 Å². The van der Waals surface area contributed by atoms with Crippen LogP contribution in [0.2, 0.25) is 0 Å². The summed E-state index contributed by atoms with van der Waals surface area (Å²) in [4.78, 5) is 1.64. The number of allylic oxidation sites excluding steroid dienone is 2. The maximum absolute atomic E-state index is 5.95. The van der Waals surface area contributed by atoms with E-state index >= 15 is 0 Å². The Bertz CT molecular complexity index is 354. The molecule has 0 saturated carbocycles. The second-order valence-corrected chi connectivity index (χ2v) is 3.52. The zero-order valence-corrected chi connectivity index (χ0v) is 7.91. The van der Waals surface area contributed by atoms with E-state index in [1.165, 1.54) is 0 Å². The van der Waals surface area contributed by atoms with Crippen molar-refractivity contribution in [1.29, 1.82) is 0 Å². The van der Waals surface area contributed by atoms with Gasteiger partial charge in [-0.3, -0.25) is 0 Å². The molecule has 0 radical (unpaired) electrons. The molecule has 0 spiro atoms. The van der Waals surface area contributed by atoms with E-state index in [9.17, 15) is 0 Å². The number of aromatic nitrogens is 3. The molecule has 0 N–H and O–H groups in total. The highest BCUT2D eigenvalue weighted by Gasteiger charge is 2.16. The molecule has 1 aromatic rings. The smallest absolute Gasteiger partial charge is 0.108 e. The molecular weight excluding hydrogens is 186 g/mol. The average Bonchev–Trinajstić information content (AvgIpc) is 2.46. The van der Waals surface area contributed by atoms with Gasteiger partial charge in [-0.15, -0.1) is 18.2 Å². The SMILES string of the molecule is C=CCn1nc2c(n1)CC(Cl)C=C2. The summed E-state index contributed by atoms with van der Waals surface area (Å²) in [5.41, 5.74) is 1.91. The lowest BCUT2D eigenvalue weighted by Crippen LogP contribution is -2.05. The molecule has 2 rings (SSSR count). The summed E-state index contributed by atoms with van der Waals surface area (Å²) >= 11 is 5.95. The molecule has 0 fully saturated rings. The van der Waals surface area contributed by atoms with Gasteiger partial charge in [0.05, 0.1) is 17.6 Å². The Balaban J connectivity index is 2.30. The van der Waals surface area contributed by atoms with Crippen LogP contribution in [-0.4, -0.2) is 20.4 Å². The van der Waals surface area contributed by atoms with Crippen molar-refractivity contribution in [2.45, 2.75) is 18.3 Å². The lowest BCUT2D eigenvalue weighted by atomic mass is 10.1. The van der Waals surface area contributed by atoms with Crippen molar-refractivity contribution in [2.24, 2.45) is 0 Å². The van der Waals surface area contributed by atoms with E-state index in [1.807, 2.05) is 12.2 Å². The fourth-order valence-electron chi connectivity index (χ4n) is 1.32. The minimum Gasteiger partial charge on any atom is -0.180 e. The Kier molecular flexibility index (Phi) is 2.19. The second kappa shape index (κ2) is 3.34.